The number of nitrogens with zero attached hydrogens (tertiary/aromatic N) is 1. The number of fused-ring (bicyclic) bond motifs is 1. The molecule has 1 aliphatic rings. The van der Waals surface area contributed by atoms with Crippen LogP contribution < -0.4 is 5.32 Å². The van der Waals surface area contributed by atoms with Crippen LogP contribution >= 0.6 is 23.1 Å². The molecule has 0 bridgehead atoms. The molecule has 0 saturated heterocycles. The maximum atomic E-state index is 12.4. The molecule has 1 heterocycles. The zero-order chi connectivity index (χ0) is 14.7. The predicted octanol–water partition coefficient (Wildman–Crippen LogP) is 3.35. The standard InChI is InChI=1S/C16H18N2OS2/c1-20-10-15-18-12(9-21-15)8-17-16(19)14-7-6-11-4-2-3-5-13(11)14/h2-5,9,14H,6-8,10H2,1H3,(H,17,19)/t14-/m1/s1. The summed E-state index contributed by atoms with van der Waals surface area (Å²) in [4.78, 5) is 16.9. The van der Waals surface area contributed by atoms with Crippen molar-refractivity contribution in [2.24, 2.45) is 0 Å². The number of thioether (sulfide) groups is 1. The Bertz CT molecular complexity index is 639. The average Bonchev–Trinajstić information content (AvgIpc) is 3.12. The smallest absolute Gasteiger partial charge is 0.227 e. The zero-order valence-electron chi connectivity index (χ0n) is 12.0. The average molecular weight is 318 g/mol. The lowest BCUT2D eigenvalue weighted by atomic mass is 10.0. The first kappa shape index (κ1) is 14.6. The van der Waals surface area contributed by atoms with E-state index in [1.54, 1.807) is 23.1 Å². The highest BCUT2D eigenvalue weighted by Gasteiger charge is 2.27. The topological polar surface area (TPSA) is 42.0 Å². The SMILES string of the molecule is CSCc1nc(CNC(=O)[C@@H]2CCc3ccccc32)cs1. The fourth-order valence-corrected chi connectivity index (χ4v) is 4.27. The van der Waals surface area contributed by atoms with Crippen LogP contribution in [0, 0.1) is 0 Å². The summed E-state index contributed by atoms with van der Waals surface area (Å²) in [5.41, 5.74) is 3.47. The Labute approximate surface area is 133 Å². The van der Waals surface area contributed by atoms with E-state index >= 15 is 0 Å². The molecule has 1 amide bonds. The molecule has 1 aromatic heterocycles. The molecular formula is C16H18N2OS2. The fourth-order valence-electron chi connectivity index (χ4n) is 2.75. The Kier molecular flexibility index (Phi) is 4.60. The quantitative estimate of drug-likeness (QED) is 0.919. The third kappa shape index (κ3) is 3.30. The summed E-state index contributed by atoms with van der Waals surface area (Å²) in [7, 11) is 0. The molecule has 1 aromatic carbocycles. The van der Waals surface area contributed by atoms with Crippen LogP contribution in [0.25, 0.3) is 0 Å². The van der Waals surface area contributed by atoms with Crippen LogP contribution in [0.4, 0.5) is 0 Å². The molecule has 110 valence electrons. The fraction of sp³-hybridized carbons (Fsp3) is 0.375. The van der Waals surface area contributed by atoms with E-state index in [1.807, 2.05) is 17.5 Å². The number of rotatable bonds is 5. The van der Waals surface area contributed by atoms with Crippen molar-refractivity contribution in [1.29, 1.82) is 0 Å². The summed E-state index contributed by atoms with van der Waals surface area (Å²) < 4.78 is 0. The van der Waals surface area contributed by atoms with Crippen LogP contribution in [0.15, 0.2) is 29.6 Å². The van der Waals surface area contributed by atoms with Gasteiger partial charge in [0.05, 0.1) is 18.2 Å². The highest BCUT2D eigenvalue weighted by Crippen LogP contribution is 2.32. The summed E-state index contributed by atoms with van der Waals surface area (Å²) in [5, 5.41) is 6.19. The van der Waals surface area contributed by atoms with Crippen LogP contribution in [0.2, 0.25) is 0 Å². The van der Waals surface area contributed by atoms with Gasteiger partial charge in [-0.05, 0) is 30.2 Å². The van der Waals surface area contributed by atoms with Gasteiger partial charge in [-0.3, -0.25) is 4.79 Å². The third-order valence-electron chi connectivity index (χ3n) is 3.76. The minimum atomic E-state index is 0.00510. The number of carbonyl (C=O) groups excluding carboxylic acids is 1. The molecule has 3 nitrogen and oxygen atoms in total. The molecule has 5 heteroatoms. The van der Waals surface area contributed by atoms with Crippen molar-refractivity contribution in [1.82, 2.24) is 10.3 Å². The first-order valence-electron chi connectivity index (χ1n) is 7.05. The van der Waals surface area contributed by atoms with Gasteiger partial charge in [-0.25, -0.2) is 4.98 Å². The first-order chi connectivity index (χ1) is 10.3. The number of benzene rings is 1. The van der Waals surface area contributed by atoms with Crippen LogP contribution in [-0.2, 0) is 23.5 Å². The summed E-state index contributed by atoms with van der Waals surface area (Å²) in [6.07, 6.45) is 3.99. The second kappa shape index (κ2) is 6.62. The van der Waals surface area contributed by atoms with Gasteiger partial charge in [0.2, 0.25) is 5.91 Å². The van der Waals surface area contributed by atoms with Crippen molar-refractivity contribution < 1.29 is 4.79 Å². The lowest BCUT2D eigenvalue weighted by Gasteiger charge is -2.11. The van der Waals surface area contributed by atoms with Crippen molar-refractivity contribution >= 4 is 29.0 Å². The summed E-state index contributed by atoms with van der Waals surface area (Å²) in [6, 6.07) is 8.25. The molecule has 0 aliphatic heterocycles. The van der Waals surface area contributed by atoms with Gasteiger partial charge in [0.25, 0.3) is 0 Å². The lowest BCUT2D eigenvalue weighted by Crippen LogP contribution is -2.28. The second-order valence-corrected chi connectivity index (χ2v) is 6.98. The second-order valence-electron chi connectivity index (χ2n) is 5.17. The third-order valence-corrected chi connectivity index (χ3v) is 5.40. The molecular weight excluding hydrogens is 300 g/mol. The van der Waals surface area contributed by atoms with E-state index in [2.05, 4.69) is 28.7 Å². The number of aromatic nitrogens is 1. The lowest BCUT2D eigenvalue weighted by molar-refractivity contribution is -0.122. The van der Waals surface area contributed by atoms with Crippen LogP contribution in [-0.4, -0.2) is 17.1 Å². The Hall–Kier alpha value is -1.33. The van der Waals surface area contributed by atoms with Crippen molar-refractivity contribution in [3.8, 4) is 0 Å². The van der Waals surface area contributed by atoms with Gasteiger partial charge in [-0.15, -0.1) is 11.3 Å². The molecule has 0 radical (unpaired) electrons. The van der Waals surface area contributed by atoms with Crippen molar-refractivity contribution in [3.63, 3.8) is 0 Å². The van der Waals surface area contributed by atoms with E-state index < -0.39 is 0 Å². The number of amides is 1. The maximum Gasteiger partial charge on any atom is 0.227 e. The van der Waals surface area contributed by atoms with E-state index in [0.717, 1.165) is 29.3 Å². The number of hydrogen-bond acceptors (Lipinski definition) is 4. The van der Waals surface area contributed by atoms with E-state index in [4.69, 9.17) is 0 Å². The predicted molar refractivity (Wildman–Crippen MR) is 88.7 cm³/mol. The van der Waals surface area contributed by atoms with Gasteiger partial charge in [-0.1, -0.05) is 24.3 Å². The highest BCUT2D eigenvalue weighted by atomic mass is 32.2. The van der Waals surface area contributed by atoms with Crippen molar-refractivity contribution in [3.05, 3.63) is 51.5 Å². The minimum Gasteiger partial charge on any atom is -0.350 e. The molecule has 0 saturated carbocycles. The van der Waals surface area contributed by atoms with Gasteiger partial charge >= 0.3 is 0 Å². The molecule has 3 rings (SSSR count). The van der Waals surface area contributed by atoms with Crippen LogP contribution in [0.1, 0.15) is 34.2 Å². The summed E-state index contributed by atoms with van der Waals surface area (Å²) >= 11 is 3.43. The molecule has 0 fully saturated rings. The highest BCUT2D eigenvalue weighted by molar-refractivity contribution is 7.97. The number of carbonyl (C=O) groups is 1. The van der Waals surface area contributed by atoms with Gasteiger partial charge in [0.1, 0.15) is 5.01 Å². The molecule has 2 aromatic rings. The van der Waals surface area contributed by atoms with Crippen LogP contribution in [0.5, 0.6) is 0 Å². The van der Waals surface area contributed by atoms with Gasteiger partial charge in [0.15, 0.2) is 0 Å². The summed E-state index contributed by atoms with van der Waals surface area (Å²) in [5.74, 6) is 1.07. The zero-order valence-corrected chi connectivity index (χ0v) is 13.6. The van der Waals surface area contributed by atoms with E-state index in [0.29, 0.717) is 6.54 Å². The molecule has 21 heavy (non-hydrogen) atoms. The Morgan fingerprint density at radius 2 is 2.33 bits per heavy atom. The minimum absolute atomic E-state index is 0.00510. The normalized spacial score (nSPS) is 16.7. The number of nitrogens with one attached hydrogen (secondary N) is 1. The van der Waals surface area contributed by atoms with E-state index in [-0.39, 0.29) is 11.8 Å². The summed E-state index contributed by atoms with van der Waals surface area (Å²) in [6.45, 7) is 0.530. The van der Waals surface area contributed by atoms with Crippen molar-refractivity contribution in [2.45, 2.75) is 31.1 Å². The van der Waals surface area contributed by atoms with Crippen LogP contribution in [0.3, 0.4) is 0 Å². The van der Waals surface area contributed by atoms with Gasteiger partial charge in [0, 0.05) is 11.1 Å². The molecule has 1 atom stereocenters. The molecule has 0 spiro atoms. The maximum absolute atomic E-state index is 12.4. The van der Waals surface area contributed by atoms with E-state index in [1.165, 1.54) is 11.1 Å². The Balaban J connectivity index is 1.60. The van der Waals surface area contributed by atoms with Crippen molar-refractivity contribution in [2.75, 3.05) is 6.26 Å². The Morgan fingerprint density at radius 3 is 3.19 bits per heavy atom. The number of hydrogen-bond donors (Lipinski definition) is 1. The molecule has 1 N–H and O–H groups in total. The first-order valence-corrected chi connectivity index (χ1v) is 9.33. The Morgan fingerprint density at radius 1 is 1.48 bits per heavy atom. The molecule has 1 aliphatic carbocycles. The van der Waals surface area contributed by atoms with Gasteiger partial charge < -0.3 is 5.32 Å². The molecule has 0 unspecified atom stereocenters. The number of thiazole rings is 1. The number of aryl methyl sites for hydroxylation is 1. The largest absolute Gasteiger partial charge is 0.350 e. The van der Waals surface area contributed by atoms with E-state index in [9.17, 15) is 4.79 Å². The monoisotopic (exact) mass is 318 g/mol. The van der Waals surface area contributed by atoms with Gasteiger partial charge in [-0.2, -0.15) is 11.8 Å².